The summed E-state index contributed by atoms with van der Waals surface area (Å²) in [6, 6.07) is 3.48. The highest BCUT2D eigenvalue weighted by Crippen LogP contribution is 2.23. The largest absolute Gasteiger partial charge is 0.398 e. The highest BCUT2D eigenvalue weighted by molar-refractivity contribution is 7.90. The summed E-state index contributed by atoms with van der Waals surface area (Å²) < 4.78 is 28.8. The first-order chi connectivity index (χ1) is 8.00. The maximum absolute atomic E-state index is 11.9. The molecule has 18 heavy (non-hydrogen) atoms. The van der Waals surface area contributed by atoms with Crippen LogP contribution in [0.1, 0.15) is 31.9 Å². The quantitative estimate of drug-likeness (QED) is 0.734. The van der Waals surface area contributed by atoms with Crippen LogP contribution in [0, 0.1) is 13.8 Å². The summed E-state index contributed by atoms with van der Waals surface area (Å²) in [5.74, 6) is 0. The van der Waals surface area contributed by atoms with Crippen molar-refractivity contribution in [1.82, 2.24) is 4.72 Å². The van der Waals surface area contributed by atoms with Gasteiger partial charge in [-0.3, -0.25) is 4.72 Å². The van der Waals surface area contributed by atoms with Crippen molar-refractivity contribution in [2.24, 2.45) is 0 Å². The Labute approximate surface area is 109 Å². The van der Waals surface area contributed by atoms with Crippen LogP contribution < -0.4 is 15.2 Å². The highest BCUT2D eigenvalue weighted by Gasteiger charge is 2.20. The zero-order valence-electron chi connectivity index (χ0n) is 11.5. The maximum Gasteiger partial charge on any atom is 0.299 e. The minimum Gasteiger partial charge on any atom is -0.398 e. The third kappa shape index (κ3) is 4.19. The molecule has 0 radical (unpaired) electrons. The van der Waals surface area contributed by atoms with Gasteiger partial charge in [-0.15, -0.1) is 0 Å². The summed E-state index contributed by atoms with van der Waals surface area (Å²) in [5.41, 5.74) is 8.07. The summed E-state index contributed by atoms with van der Waals surface area (Å²) in [6.45, 7) is 9.06. The van der Waals surface area contributed by atoms with E-state index in [1.54, 1.807) is 26.8 Å². The van der Waals surface area contributed by atoms with Gasteiger partial charge in [0, 0.05) is 11.2 Å². The predicted octanol–water partition coefficient (Wildman–Crippen LogP) is 1.93. The standard InChI is InChI=1S/C12H21N3O2S/c1-8-6-9(2)11(7-10(8)13)14-18(16,17)15-12(3,4)5/h6-7,14-15H,13H2,1-5H3. The van der Waals surface area contributed by atoms with Gasteiger partial charge in [-0.25, -0.2) is 0 Å². The molecule has 0 heterocycles. The summed E-state index contributed by atoms with van der Waals surface area (Å²) in [7, 11) is -3.60. The molecule has 0 amide bonds. The molecular weight excluding hydrogens is 250 g/mol. The van der Waals surface area contributed by atoms with Crippen molar-refractivity contribution in [3.8, 4) is 0 Å². The molecule has 0 fully saturated rings. The third-order valence-electron chi connectivity index (χ3n) is 2.30. The van der Waals surface area contributed by atoms with Crippen LogP contribution >= 0.6 is 0 Å². The van der Waals surface area contributed by atoms with Crippen LogP contribution in [0.2, 0.25) is 0 Å². The van der Waals surface area contributed by atoms with Crippen LogP contribution in [0.5, 0.6) is 0 Å². The van der Waals surface area contributed by atoms with Crippen molar-refractivity contribution < 1.29 is 8.42 Å². The SMILES string of the molecule is Cc1cc(C)c(NS(=O)(=O)NC(C)(C)C)cc1N. The second-order valence-electron chi connectivity index (χ2n) is 5.48. The first-order valence-electron chi connectivity index (χ1n) is 5.68. The van der Waals surface area contributed by atoms with Gasteiger partial charge in [0.05, 0.1) is 5.69 Å². The Hall–Kier alpha value is -1.27. The van der Waals surface area contributed by atoms with Crippen molar-refractivity contribution in [1.29, 1.82) is 0 Å². The molecule has 0 aliphatic carbocycles. The van der Waals surface area contributed by atoms with Crippen molar-refractivity contribution in [2.45, 2.75) is 40.2 Å². The third-order valence-corrected chi connectivity index (χ3v) is 3.67. The topological polar surface area (TPSA) is 84.2 Å². The fourth-order valence-electron chi connectivity index (χ4n) is 1.55. The minimum absolute atomic E-state index is 0.495. The van der Waals surface area contributed by atoms with Gasteiger partial charge in [0.2, 0.25) is 0 Å². The lowest BCUT2D eigenvalue weighted by Gasteiger charge is -2.21. The molecule has 0 saturated heterocycles. The zero-order chi connectivity index (χ0) is 14.1. The van der Waals surface area contributed by atoms with E-state index in [0.29, 0.717) is 11.4 Å². The van der Waals surface area contributed by atoms with Gasteiger partial charge in [0.15, 0.2) is 0 Å². The molecule has 0 atom stereocenters. The molecule has 0 aliphatic rings. The Balaban J connectivity index is 3.02. The smallest absolute Gasteiger partial charge is 0.299 e. The fraction of sp³-hybridized carbons (Fsp3) is 0.500. The van der Waals surface area contributed by atoms with Crippen molar-refractivity contribution in [3.05, 3.63) is 23.3 Å². The molecule has 0 unspecified atom stereocenters. The van der Waals surface area contributed by atoms with Gasteiger partial charge in [-0.1, -0.05) is 6.07 Å². The molecule has 102 valence electrons. The first kappa shape index (κ1) is 14.8. The molecule has 0 bridgehead atoms. The van der Waals surface area contributed by atoms with Crippen LogP contribution in [0.15, 0.2) is 12.1 Å². The van der Waals surface area contributed by atoms with Crippen molar-refractivity contribution in [2.75, 3.05) is 10.5 Å². The number of benzene rings is 1. The molecule has 5 nitrogen and oxygen atoms in total. The second-order valence-corrected chi connectivity index (χ2v) is 6.90. The molecule has 0 spiro atoms. The van der Waals surface area contributed by atoms with Gasteiger partial charge < -0.3 is 5.73 Å². The number of nitrogens with one attached hydrogen (secondary N) is 2. The number of nitrogens with two attached hydrogens (primary N) is 1. The highest BCUT2D eigenvalue weighted by atomic mass is 32.2. The average Bonchev–Trinajstić information content (AvgIpc) is 2.09. The molecule has 0 aromatic heterocycles. The Morgan fingerprint density at radius 3 is 2.17 bits per heavy atom. The molecular formula is C12H21N3O2S. The summed E-state index contributed by atoms with van der Waals surface area (Å²) in [4.78, 5) is 0. The van der Waals surface area contributed by atoms with Gasteiger partial charge in [-0.05, 0) is 51.8 Å². The van der Waals surface area contributed by atoms with E-state index in [1.807, 2.05) is 19.9 Å². The van der Waals surface area contributed by atoms with E-state index in [0.717, 1.165) is 11.1 Å². The van der Waals surface area contributed by atoms with Crippen LogP contribution in [0.3, 0.4) is 0 Å². The van der Waals surface area contributed by atoms with Gasteiger partial charge in [-0.2, -0.15) is 13.1 Å². The van der Waals surface area contributed by atoms with Crippen LogP contribution in [-0.4, -0.2) is 14.0 Å². The average molecular weight is 271 g/mol. The molecule has 6 heteroatoms. The number of hydrogen-bond donors (Lipinski definition) is 3. The Morgan fingerprint density at radius 1 is 1.11 bits per heavy atom. The van der Waals surface area contributed by atoms with Crippen molar-refractivity contribution >= 4 is 21.6 Å². The molecule has 0 aliphatic heterocycles. The number of hydrogen-bond acceptors (Lipinski definition) is 3. The fourth-order valence-corrected chi connectivity index (χ4v) is 2.92. The monoisotopic (exact) mass is 271 g/mol. The van der Waals surface area contributed by atoms with E-state index < -0.39 is 15.7 Å². The lowest BCUT2D eigenvalue weighted by Crippen LogP contribution is -2.43. The lowest BCUT2D eigenvalue weighted by atomic mass is 10.1. The van der Waals surface area contributed by atoms with Gasteiger partial charge >= 0.3 is 0 Å². The number of nitrogen functional groups attached to an aromatic ring is 1. The minimum atomic E-state index is -3.60. The summed E-state index contributed by atoms with van der Waals surface area (Å²) in [6.07, 6.45) is 0. The number of aryl methyl sites for hydroxylation is 2. The van der Waals surface area contributed by atoms with E-state index in [1.165, 1.54) is 0 Å². The molecule has 1 aromatic carbocycles. The predicted molar refractivity (Wildman–Crippen MR) is 75.8 cm³/mol. The Bertz CT molecular complexity index is 545. The van der Waals surface area contributed by atoms with E-state index in [2.05, 4.69) is 9.44 Å². The Kier molecular flexibility index (Phi) is 3.92. The summed E-state index contributed by atoms with van der Waals surface area (Å²) in [5, 5.41) is 0. The second kappa shape index (κ2) is 4.78. The molecule has 0 saturated carbocycles. The van der Waals surface area contributed by atoms with Crippen LogP contribution in [-0.2, 0) is 10.2 Å². The van der Waals surface area contributed by atoms with Gasteiger partial charge in [0.25, 0.3) is 10.2 Å². The van der Waals surface area contributed by atoms with Crippen LogP contribution in [0.4, 0.5) is 11.4 Å². The van der Waals surface area contributed by atoms with E-state index in [-0.39, 0.29) is 0 Å². The van der Waals surface area contributed by atoms with E-state index >= 15 is 0 Å². The molecule has 1 aromatic rings. The van der Waals surface area contributed by atoms with Crippen molar-refractivity contribution in [3.63, 3.8) is 0 Å². The van der Waals surface area contributed by atoms with E-state index in [9.17, 15) is 8.42 Å². The number of anilines is 2. The van der Waals surface area contributed by atoms with E-state index in [4.69, 9.17) is 5.73 Å². The zero-order valence-corrected chi connectivity index (χ0v) is 12.3. The number of rotatable bonds is 3. The van der Waals surface area contributed by atoms with Gasteiger partial charge in [0.1, 0.15) is 0 Å². The first-order valence-corrected chi connectivity index (χ1v) is 7.17. The maximum atomic E-state index is 11.9. The lowest BCUT2D eigenvalue weighted by molar-refractivity contribution is 0.494. The summed E-state index contributed by atoms with van der Waals surface area (Å²) >= 11 is 0. The van der Waals surface area contributed by atoms with Crippen LogP contribution in [0.25, 0.3) is 0 Å². The normalized spacial score (nSPS) is 12.5. The molecule has 4 N–H and O–H groups in total. The molecule has 1 rings (SSSR count). The Morgan fingerprint density at radius 2 is 1.67 bits per heavy atom.